The van der Waals surface area contributed by atoms with Gasteiger partial charge in [-0.3, -0.25) is 0 Å². The van der Waals surface area contributed by atoms with Crippen molar-refractivity contribution < 1.29 is 8.42 Å². The third-order valence-electron chi connectivity index (χ3n) is 0.516. The van der Waals surface area contributed by atoms with Gasteiger partial charge in [0.25, 0.3) is 0 Å². The van der Waals surface area contributed by atoms with E-state index in [1.807, 2.05) is 0 Å². The van der Waals surface area contributed by atoms with Crippen LogP contribution in [0.5, 0.6) is 0 Å². The minimum absolute atomic E-state index is 1.07. The van der Waals surface area contributed by atoms with Crippen molar-refractivity contribution in [1.29, 1.82) is 10.5 Å². The zero-order valence-corrected chi connectivity index (χ0v) is 7.05. The lowest BCUT2D eigenvalue weighted by atomic mass is 10.5. The van der Waals surface area contributed by atoms with Gasteiger partial charge in [0, 0.05) is 0 Å². The molecule has 0 aliphatic rings. The largest absolute Gasteiger partial charge is 0.242 e. The van der Waals surface area contributed by atoms with Crippen molar-refractivity contribution in [2.45, 2.75) is 5.25 Å². The van der Waals surface area contributed by atoms with E-state index in [1.165, 1.54) is 12.1 Å². The van der Waals surface area contributed by atoms with Crippen LogP contribution in [0.15, 0.2) is 0 Å². The molecule has 0 aromatic carbocycles. The van der Waals surface area contributed by atoms with E-state index >= 15 is 0 Å². The summed E-state index contributed by atoms with van der Waals surface area (Å²) in [6.45, 7) is 0. The van der Waals surface area contributed by atoms with Crippen LogP contribution >= 0.6 is 21.2 Å². The van der Waals surface area contributed by atoms with Gasteiger partial charge in [-0.15, -0.1) is 0 Å². The van der Waals surface area contributed by atoms with Gasteiger partial charge in [-0.25, -0.2) is 8.42 Å². The molecule has 0 saturated carbocycles. The molecular formula is C3HIN2O2S. The highest BCUT2D eigenvalue weighted by Gasteiger charge is 2.20. The van der Waals surface area contributed by atoms with Crippen LogP contribution in [0.3, 0.4) is 0 Å². The quantitative estimate of drug-likeness (QED) is 0.494. The van der Waals surface area contributed by atoms with Crippen LogP contribution in [0, 0.1) is 22.7 Å². The molecule has 0 saturated heterocycles. The zero-order chi connectivity index (χ0) is 7.49. The second kappa shape index (κ2) is 2.99. The van der Waals surface area contributed by atoms with Crippen LogP contribution in [-0.4, -0.2) is 13.7 Å². The first kappa shape index (κ1) is 8.66. The first-order chi connectivity index (χ1) is 4.02. The summed E-state index contributed by atoms with van der Waals surface area (Å²) in [7, 11) is -3.52. The first-order valence-electron chi connectivity index (χ1n) is 1.75. The van der Waals surface area contributed by atoms with Gasteiger partial charge < -0.3 is 0 Å². The Morgan fingerprint density at radius 1 is 1.33 bits per heavy atom. The first-order valence-corrected chi connectivity index (χ1v) is 5.84. The van der Waals surface area contributed by atoms with Crippen molar-refractivity contribution in [3.8, 4) is 12.1 Å². The molecule has 0 spiro atoms. The Morgan fingerprint density at radius 3 is 1.67 bits per heavy atom. The van der Waals surface area contributed by atoms with Gasteiger partial charge in [0.1, 0.15) is 0 Å². The fourth-order valence-electron chi connectivity index (χ4n) is 0.155. The van der Waals surface area contributed by atoms with E-state index in [9.17, 15) is 8.42 Å². The lowest BCUT2D eigenvalue weighted by Crippen LogP contribution is -2.09. The van der Waals surface area contributed by atoms with Gasteiger partial charge in [0.2, 0.25) is 12.3 Å². The fraction of sp³-hybridized carbons (Fsp3) is 0.333. The maximum atomic E-state index is 10.3. The SMILES string of the molecule is N#CC(C#N)S(=O)(=O)I. The smallest absolute Gasteiger partial charge is 0.216 e. The highest BCUT2D eigenvalue weighted by atomic mass is 127. The number of nitrogens with zero attached hydrogens (tertiary/aromatic N) is 2. The van der Waals surface area contributed by atoms with Crippen molar-refractivity contribution in [2.75, 3.05) is 0 Å². The van der Waals surface area contributed by atoms with Crippen molar-refractivity contribution in [3.63, 3.8) is 0 Å². The minimum Gasteiger partial charge on any atom is -0.216 e. The summed E-state index contributed by atoms with van der Waals surface area (Å²) in [6.07, 6.45) is 0. The summed E-state index contributed by atoms with van der Waals surface area (Å²) in [4.78, 5) is 0. The van der Waals surface area contributed by atoms with Gasteiger partial charge in [-0.05, 0) is 0 Å². The summed E-state index contributed by atoms with van der Waals surface area (Å²) < 4.78 is 20.7. The molecule has 0 radical (unpaired) electrons. The Balaban J connectivity index is 4.65. The second-order valence-corrected chi connectivity index (χ2v) is 6.22. The summed E-state index contributed by atoms with van der Waals surface area (Å²) in [5, 5.41) is 14.5. The lowest BCUT2D eigenvalue weighted by molar-refractivity contribution is 0.612. The second-order valence-electron chi connectivity index (χ2n) is 1.11. The van der Waals surface area contributed by atoms with Crippen LogP contribution in [0.4, 0.5) is 0 Å². The lowest BCUT2D eigenvalue weighted by Gasteiger charge is -1.88. The highest BCUT2D eigenvalue weighted by molar-refractivity contribution is 14.2. The molecule has 48 valence electrons. The van der Waals surface area contributed by atoms with Gasteiger partial charge >= 0.3 is 0 Å². The molecule has 0 aromatic heterocycles. The van der Waals surface area contributed by atoms with Crippen LogP contribution in [0.2, 0.25) is 0 Å². The molecule has 0 heterocycles. The molecular weight excluding hydrogens is 255 g/mol. The molecule has 0 aliphatic carbocycles. The van der Waals surface area contributed by atoms with E-state index < -0.39 is 12.3 Å². The third kappa shape index (κ3) is 2.63. The van der Waals surface area contributed by atoms with E-state index in [0.29, 0.717) is 0 Å². The molecule has 9 heavy (non-hydrogen) atoms. The number of hydrogen-bond acceptors (Lipinski definition) is 4. The summed E-state index contributed by atoms with van der Waals surface area (Å²) in [5.41, 5.74) is 0. The molecule has 0 bridgehead atoms. The van der Waals surface area contributed by atoms with Crippen LogP contribution in [-0.2, 0) is 7.01 Å². The molecule has 6 heteroatoms. The Hall–Kier alpha value is -0.340. The Bertz CT molecular complexity index is 255. The number of rotatable bonds is 1. The monoisotopic (exact) mass is 256 g/mol. The van der Waals surface area contributed by atoms with Crippen molar-refractivity contribution in [2.24, 2.45) is 0 Å². The average molecular weight is 256 g/mol. The van der Waals surface area contributed by atoms with E-state index in [-0.39, 0.29) is 0 Å². The van der Waals surface area contributed by atoms with E-state index in [4.69, 9.17) is 10.5 Å². The summed E-state index contributed by atoms with van der Waals surface area (Å²) in [5.74, 6) is 0. The van der Waals surface area contributed by atoms with Crippen LogP contribution in [0.1, 0.15) is 0 Å². The minimum atomic E-state index is -3.52. The molecule has 0 fully saturated rings. The molecule has 0 amide bonds. The van der Waals surface area contributed by atoms with Gasteiger partial charge in [0.05, 0.1) is 33.3 Å². The zero-order valence-electron chi connectivity index (χ0n) is 4.07. The standard InChI is InChI=1S/C3HIN2O2S/c4-9(7,8)3(1-5)2-6/h3H. The molecule has 0 unspecified atom stereocenters. The highest BCUT2D eigenvalue weighted by Crippen LogP contribution is 2.07. The molecule has 0 N–H and O–H groups in total. The van der Waals surface area contributed by atoms with E-state index in [2.05, 4.69) is 0 Å². The Morgan fingerprint density at radius 2 is 1.67 bits per heavy atom. The topological polar surface area (TPSA) is 81.7 Å². The molecule has 0 atom stereocenters. The maximum Gasteiger partial charge on any atom is 0.242 e. The van der Waals surface area contributed by atoms with Gasteiger partial charge in [-0.1, -0.05) is 0 Å². The molecule has 0 aromatic rings. The Kier molecular flexibility index (Phi) is 2.88. The van der Waals surface area contributed by atoms with Crippen molar-refractivity contribution >= 4 is 28.2 Å². The van der Waals surface area contributed by atoms with E-state index in [1.54, 1.807) is 0 Å². The predicted octanol–water partition coefficient (Wildman–Crippen LogP) is 0.167. The van der Waals surface area contributed by atoms with Crippen LogP contribution < -0.4 is 0 Å². The van der Waals surface area contributed by atoms with E-state index in [0.717, 1.165) is 21.2 Å². The summed E-state index contributed by atoms with van der Waals surface area (Å²) >= 11 is 1.07. The molecule has 4 nitrogen and oxygen atoms in total. The van der Waals surface area contributed by atoms with Gasteiger partial charge in [-0.2, -0.15) is 10.5 Å². The average Bonchev–Trinajstić information content (AvgIpc) is 1.65. The van der Waals surface area contributed by atoms with Crippen molar-refractivity contribution in [3.05, 3.63) is 0 Å². The third-order valence-corrected chi connectivity index (χ3v) is 2.82. The van der Waals surface area contributed by atoms with Crippen LogP contribution in [0.25, 0.3) is 0 Å². The normalized spacial score (nSPS) is 10.2. The maximum absolute atomic E-state index is 10.3. The number of hydrogen-bond donors (Lipinski definition) is 0. The summed E-state index contributed by atoms with van der Waals surface area (Å²) in [6, 6.07) is 2.67. The predicted molar refractivity (Wildman–Crippen MR) is 38.0 cm³/mol. The fourth-order valence-corrected chi connectivity index (χ4v) is 1.09. The Labute approximate surface area is 64.6 Å². The number of halogens is 1. The molecule has 0 rings (SSSR count). The van der Waals surface area contributed by atoms with Crippen molar-refractivity contribution in [1.82, 2.24) is 0 Å². The van der Waals surface area contributed by atoms with Gasteiger partial charge in [0.15, 0.2) is 0 Å². The number of nitriles is 2. The molecule has 0 aliphatic heterocycles.